The van der Waals surface area contributed by atoms with E-state index in [9.17, 15) is 0 Å². The molecule has 0 fully saturated rings. The molecule has 92 valence electrons. The Bertz CT molecular complexity index is 286. The average Bonchev–Trinajstić information content (AvgIpc) is 2.70. The van der Waals surface area contributed by atoms with Crippen LogP contribution in [0.3, 0.4) is 0 Å². The summed E-state index contributed by atoms with van der Waals surface area (Å²) in [6, 6.07) is 0.215. The molecule has 1 unspecified atom stereocenters. The van der Waals surface area contributed by atoms with Crippen LogP contribution in [0.15, 0.2) is 12.5 Å². The van der Waals surface area contributed by atoms with E-state index >= 15 is 0 Å². The molecule has 4 heteroatoms. The molecule has 0 bridgehead atoms. The summed E-state index contributed by atoms with van der Waals surface area (Å²) in [6.07, 6.45) is 6.05. The number of aromatic nitrogens is 2. The maximum atomic E-state index is 5.59. The van der Waals surface area contributed by atoms with Crippen molar-refractivity contribution in [1.29, 1.82) is 0 Å². The molecule has 0 aliphatic heterocycles. The van der Waals surface area contributed by atoms with Gasteiger partial charge in [-0.3, -0.25) is 0 Å². The lowest BCUT2D eigenvalue weighted by Crippen LogP contribution is -2.26. The first-order valence-electron chi connectivity index (χ1n) is 6.06. The van der Waals surface area contributed by atoms with Crippen LogP contribution < -0.4 is 5.32 Å². The van der Waals surface area contributed by atoms with E-state index in [1.807, 2.05) is 24.1 Å². The molecule has 0 amide bonds. The van der Waals surface area contributed by atoms with Gasteiger partial charge in [-0.25, -0.2) is 4.98 Å². The van der Waals surface area contributed by atoms with Crippen LogP contribution in [0.5, 0.6) is 0 Å². The fourth-order valence-corrected chi connectivity index (χ4v) is 1.53. The molecule has 1 heterocycles. The molecule has 1 atom stereocenters. The van der Waals surface area contributed by atoms with Gasteiger partial charge in [-0.2, -0.15) is 0 Å². The fraction of sp³-hybridized carbons (Fsp3) is 0.750. The molecular formula is C12H23N3O. The maximum Gasteiger partial charge on any atom is 0.0947 e. The van der Waals surface area contributed by atoms with Crippen molar-refractivity contribution in [2.75, 3.05) is 19.8 Å². The quantitative estimate of drug-likeness (QED) is 0.687. The number of ether oxygens (including phenoxy) is 1. The molecule has 0 radical (unpaired) electrons. The summed E-state index contributed by atoms with van der Waals surface area (Å²) in [6.45, 7) is 6.79. The van der Waals surface area contributed by atoms with Gasteiger partial charge in [0.05, 0.1) is 24.7 Å². The molecule has 0 spiro atoms. The first kappa shape index (κ1) is 13.2. The van der Waals surface area contributed by atoms with Crippen molar-refractivity contribution in [2.45, 2.75) is 32.7 Å². The van der Waals surface area contributed by atoms with E-state index in [0.29, 0.717) is 6.61 Å². The Kier molecular flexibility index (Phi) is 6.11. The molecule has 1 N–H and O–H groups in total. The molecule has 0 aromatic carbocycles. The van der Waals surface area contributed by atoms with Crippen LogP contribution in [0.25, 0.3) is 0 Å². The first-order chi connectivity index (χ1) is 7.77. The van der Waals surface area contributed by atoms with Crippen LogP contribution in [0.4, 0.5) is 0 Å². The molecule has 0 saturated carbocycles. The zero-order chi connectivity index (χ0) is 11.8. The van der Waals surface area contributed by atoms with Crippen LogP contribution in [-0.4, -0.2) is 29.3 Å². The zero-order valence-corrected chi connectivity index (χ0v) is 10.6. The Balaban J connectivity index is 2.49. The van der Waals surface area contributed by atoms with Crippen molar-refractivity contribution in [3.63, 3.8) is 0 Å². The topological polar surface area (TPSA) is 39.1 Å². The lowest BCUT2D eigenvalue weighted by Gasteiger charge is -2.16. The largest absolute Gasteiger partial charge is 0.379 e. The predicted octanol–water partition coefficient (Wildman–Crippen LogP) is 1.89. The summed E-state index contributed by atoms with van der Waals surface area (Å²) in [7, 11) is 1.99. The van der Waals surface area contributed by atoms with E-state index in [1.54, 1.807) is 0 Å². The summed E-state index contributed by atoms with van der Waals surface area (Å²) in [5.74, 6) is 0. The standard InChI is InChI=1S/C12H23N3O/c1-4-6-13-12(9-16-7-5-2)11-8-15(3)10-14-11/h8,10,12-13H,4-7,9H2,1-3H3. The van der Waals surface area contributed by atoms with Gasteiger partial charge in [0.25, 0.3) is 0 Å². The number of hydrogen-bond acceptors (Lipinski definition) is 3. The third-order valence-corrected chi connectivity index (χ3v) is 2.36. The lowest BCUT2D eigenvalue weighted by atomic mass is 10.2. The van der Waals surface area contributed by atoms with Crippen molar-refractivity contribution >= 4 is 0 Å². The highest BCUT2D eigenvalue weighted by Crippen LogP contribution is 2.10. The summed E-state index contributed by atoms with van der Waals surface area (Å²) < 4.78 is 7.56. The van der Waals surface area contributed by atoms with Crippen LogP contribution in [0, 0.1) is 0 Å². The normalized spacial score (nSPS) is 12.9. The number of hydrogen-bond donors (Lipinski definition) is 1. The smallest absolute Gasteiger partial charge is 0.0947 e. The Morgan fingerprint density at radius 3 is 2.81 bits per heavy atom. The molecule has 1 aromatic heterocycles. The highest BCUT2D eigenvalue weighted by Gasteiger charge is 2.12. The summed E-state index contributed by atoms with van der Waals surface area (Å²) in [5.41, 5.74) is 1.06. The van der Waals surface area contributed by atoms with Gasteiger partial charge in [-0.05, 0) is 19.4 Å². The maximum absolute atomic E-state index is 5.59. The van der Waals surface area contributed by atoms with Gasteiger partial charge in [0, 0.05) is 19.9 Å². The Labute approximate surface area is 98.0 Å². The summed E-state index contributed by atoms with van der Waals surface area (Å²) in [4.78, 5) is 4.37. The van der Waals surface area contributed by atoms with E-state index in [-0.39, 0.29) is 6.04 Å². The Morgan fingerprint density at radius 1 is 1.44 bits per heavy atom. The van der Waals surface area contributed by atoms with Crippen LogP contribution in [0.1, 0.15) is 38.4 Å². The van der Waals surface area contributed by atoms with Gasteiger partial charge in [0.2, 0.25) is 0 Å². The molecule has 0 aliphatic rings. The van der Waals surface area contributed by atoms with E-state index < -0.39 is 0 Å². The minimum Gasteiger partial charge on any atom is -0.379 e. The number of rotatable bonds is 8. The van der Waals surface area contributed by atoms with Crippen LogP contribution in [0.2, 0.25) is 0 Å². The second kappa shape index (κ2) is 7.41. The highest BCUT2D eigenvalue weighted by molar-refractivity contribution is 5.03. The third-order valence-electron chi connectivity index (χ3n) is 2.36. The van der Waals surface area contributed by atoms with Gasteiger partial charge in [-0.1, -0.05) is 13.8 Å². The summed E-state index contributed by atoms with van der Waals surface area (Å²) >= 11 is 0. The fourth-order valence-electron chi connectivity index (χ4n) is 1.53. The Morgan fingerprint density at radius 2 is 2.25 bits per heavy atom. The highest BCUT2D eigenvalue weighted by atomic mass is 16.5. The lowest BCUT2D eigenvalue weighted by molar-refractivity contribution is 0.111. The molecular weight excluding hydrogens is 202 g/mol. The Hall–Kier alpha value is -0.870. The third kappa shape index (κ3) is 4.33. The number of imidazole rings is 1. The van der Waals surface area contributed by atoms with Gasteiger partial charge >= 0.3 is 0 Å². The number of nitrogens with zero attached hydrogens (tertiary/aromatic N) is 2. The van der Waals surface area contributed by atoms with Crippen LogP contribution >= 0.6 is 0 Å². The summed E-state index contributed by atoms with van der Waals surface area (Å²) in [5, 5.41) is 3.46. The zero-order valence-electron chi connectivity index (χ0n) is 10.6. The molecule has 4 nitrogen and oxygen atoms in total. The van der Waals surface area contributed by atoms with Gasteiger partial charge < -0.3 is 14.6 Å². The second-order valence-corrected chi connectivity index (χ2v) is 4.05. The van der Waals surface area contributed by atoms with E-state index in [2.05, 4.69) is 24.1 Å². The van der Waals surface area contributed by atoms with Gasteiger partial charge in [0.1, 0.15) is 0 Å². The van der Waals surface area contributed by atoms with E-state index in [1.165, 1.54) is 0 Å². The second-order valence-electron chi connectivity index (χ2n) is 4.05. The monoisotopic (exact) mass is 225 g/mol. The molecule has 0 aliphatic carbocycles. The SMILES string of the molecule is CCCNC(COCCC)c1cn(C)cn1. The van der Waals surface area contributed by atoms with E-state index in [4.69, 9.17) is 4.74 Å². The molecule has 0 saturated heterocycles. The molecule has 1 rings (SSSR count). The number of nitrogens with one attached hydrogen (secondary N) is 1. The minimum atomic E-state index is 0.215. The first-order valence-corrected chi connectivity index (χ1v) is 6.06. The van der Waals surface area contributed by atoms with Crippen molar-refractivity contribution in [2.24, 2.45) is 7.05 Å². The van der Waals surface area contributed by atoms with Crippen molar-refractivity contribution < 1.29 is 4.74 Å². The van der Waals surface area contributed by atoms with Gasteiger partial charge in [-0.15, -0.1) is 0 Å². The molecule has 16 heavy (non-hydrogen) atoms. The van der Waals surface area contributed by atoms with Crippen molar-refractivity contribution in [3.8, 4) is 0 Å². The van der Waals surface area contributed by atoms with Crippen molar-refractivity contribution in [3.05, 3.63) is 18.2 Å². The predicted molar refractivity (Wildman–Crippen MR) is 65.4 cm³/mol. The van der Waals surface area contributed by atoms with Crippen LogP contribution in [-0.2, 0) is 11.8 Å². The minimum absolute atomic E-state index is 0.215. The van der Waals surface area contributed by atoms with Crippen molar-refractivity contribution in [1.82, 2.24) is 14.9 Å². The average molecular weight is 225 g/mol. The number of aryl methyl sites for hydroxylation is 1. The van der Waals surface area contributed by atoms with E-state index in [0.717, 1.165) is 31.7 Å². The molecule has 1 aromatic rings. The van der Waals surface area contributed by atoms with Gasteiger partial charge in [0.15, 0.2) is 0 Å².